The van der Waals surface area contributed by atoms with Gasteiger partial charge in [0.15, 0.2) is 0 Å². The van der Waals surface area contributed by atoms with Crippen molar-refractivity contribution in [2.75, 3.05) is 13.1 Å². The minimum Gasteiger partial charge on any atom is -0.387 e. The van der Waals surface area contributed by atoms with Crippen molar-refractivity contribution in [1.29, 1.82) is 0 Å². The molecule has 20 heavy (non-hydrogen) atoms. The van der Waals surface area contributed by atoms with E-state index < -0.39 is 17.7 Å². The average molecular weight is 278 g/mol. The first-order valence-corrected chi connectivity index (χ1v) is 6.41. The fourth-order valence-electron chi connectivity index (χ4n) is 1.93. The van der Waals surface area contributed by atoms with Gasteiger partial charge in [-0.15, -0.1) is 0 Å². The molecule has 0 fully saturated rings. The van der Waals surface area contributed by atoms with Crippen LogP contribution in [-0.4, -0.2) is 23.2 Å². The third-order valence-corrected chi connectivity index (χ3v) is 2.95. The number of pyridine rings is 1. The number of aliphatic hydroxyl groups is 1. The Morgan fingerprint density at radius 2 is 1.85 bits per heavy atom. The van der Waals surface area contributed by atoms with E-state index in [1.165, 1.54) is 6.07 Å². The molecule has 1 aromatic heterocycles. The molecule has 2 rings (SSSR count). The first-order chi connectivity index (χ1) is 9.68. The van der Waals surface area contributed by atoms with Crippen molar-refractivity contribution in [1.82, 2.24) is 10.3 Å². The van der Waals surface area contributed by atoms with Crippen LogP contribution in [0, 0.1) is 11.6 Å². The molecule has 0 aliphatic carbocycles. The maximum absolute atomic E-state index is 13.4. The van der Waals surface area contributed by atoms with Crippen LogP contribution in [-0.2, 0) is 6.42 Å². The maximum Gasteiger partial charge on any atom is 0.131 e. The summed E-state index contributed by atoms with van der Waals surface area (Å²) in [5.74, 6) is -1.46. The van der Waals surface area contributed by atoms with Gasteiger partial charge in [-0.05, 0) is 24.3 Å². The van der Waals surface area contributed by atoms with Gasteiger partial charge in [0, 0.05) is 31.4 Å². The van der Waals surface area contributed by atoms with Crippen LogP contribution in [0.15, 0.2) is 42.6 Å². The zero-order valence-corrected chi connectivity index (χ0v) is 10.9. The van der Waals surface area contributed by atoms with Gasteiger partial charge in [-0.25, -0.2) is 8.78 Å². The first-order valence-electron chi connectivity index (χ1n) is 6.41. The van der Waals surface area contributed by atoms with Crippen LogP contribution in [0.5, 0.6) is 0 Å². The van der Waals surface area contributed by atoms with Gasteiger partial charge in [0.25, 0.3) is 0 Å². The number of hydrogen-bond acceptors (Lipinski definition) is 3. The van der Waals surface area contributed by atoms with Crippen molar-refractivity contribution in [3.05, 3.63) is 65.5 Å². The number of aliphatic hydroxyl groups excluding tert-OH is 1. The highest BCUT2D eigenvalue weighted by Crippen LogP contribution is 2.19. The Balaban J connectivity index is 1.82. The molecule has 0 bridgehead atoms. The highest BCUT2D eigenvalue weighted by Gasteiger charge is 2.16. The lowest BCUT2D eigenvalue weighted by Gasteiger charge is -2.13. The van der Waals surface area contributed by atoms with Gasteiger partial charge in [-0.2, -0.15) is 0 Å². The van der Waals surface area contributed by atoms with Crippen LogP contribution < -0.4 is 5.32 Å². The summed E-state index contributed by atoms with van der Waals surface area (Å²) in [7, 11) is 0. The predicted molar refractivity (Wildman–Crippen MR) is 72.1 cm³/mol. The van der Waals surface area contributed by atoms with Crippen LogP contribution in [0.1, 0.15) is 17.4 Å². The minimum atomic E-state index is -1.21. The van der Waals surface area contributed by atoms with Crippen molar-refractivity contribution in [3.8, 4) is 0 Å². The van der Waals surface area contributed by atoms with E-state index in [9.17, 15) is 13.9 Å². The fourth-order valence-corrected chi connectivity index (χ4v) is 1.93. The molecule has 0 saturated heterocycles. The molecule has 0 aliphatic heterocycles. The summed E-state index contributed by atoms with van der Waals surface area (Å²) < 4.78 is 26.9. The van der Waals surface area contributed by atoms with Gasteiger partial charge in [-0.3, -0.25) is 4.98 Å². The molecule has 0 saturated carbocycles. The van der Waals surface area contributed by atoms with Crippen molar-refractivity contribution >= 4 is 0 Å². The van der Waals surface area contributed by atoms with Gasteiger partial charge in [0.1, 0.15) is 11.6 Å². The van der Waals surface area contributed by atoms with Crippen molar-refractivity contribution in [2.45, 2.75) is 12.5 Å². The number of rotatable bonds is 6. The highest BCUT2D eigenvalue weighted by atomic mass is 19.1. The van der Waals surface area contributed by atoms with Gasteiger partial charge in [0.05, 0.1) is 11.7 Å². The Morgan fingerprint density at radius 3 is 2.50 bits per heavy atom. The lowest BCUT2D eigenvalue weighted by Crippen LogP contribution is -2.25. The quantitative estimate of drug-likeness (QED) is 0.796. The Hall–Kier alpha value is -1.85. The zero-order valence-electron chi connectivity index (χ0n) is 10.9. The van der Waals surface area contributed by atoms with Crippen molar-refractivity contribution in [2.24, 2.45) is 0 Å². The minimum absolute atomic E-state index is 0.0880. The first kappa shape index (κ1) is 14.6. The molecular weight excluding hydrogens is 262 g/mol. The summed E-state index contributed by atoms with van der Waals surface area (Å²) in [6.07, 6.45) is 1.19. The normalized spacial score (nSPS) is 12.3. The molecule has 0 radical (unpaired) electrons. The molecule has 1 atom stereocenters. The number of nitrogens with one attached hydrogen (secondary N) is 1. The van der Waals surface area contributed by atoms with E-state index in [2.05, 4.69) is 10.3 Å². The van der Waals surface area contributed by atoms with E-state index in [1.807, 2.05) is 18.2 Å². The van der Waals surface area contributed by atoms with E-state index >= 15 is 0 Å². The molecule has 106 valence electrons. The third kappa shape index (κ3) is 3.82. The molecule has 5 heteroatoms. The molecule has 3 nitrogen and oxygen atoms in total. The SMILES string of the molecule is OC(CNCCc1ccccn1)c1c(F)cccc1F. The summed E-state index contributed by atoms with van der Waals surface area (Å²) in [4.78, 5) is 4.16. The second-order valence-electron chi connectivity index (χ2n) is 4.43. The number of benzene rings is 1. The second-order valence-corrected chi connectivity index (χ2v) is 4.43. The smallest absolute Gasteiger partial charge is 0.131 e. The molecule has 0 amide bonds. The van der Waals surface area contributed by atoms with Crippen LogP contribution in [0.4, 0.5) is 8.78 Å². The number of hydrogen-bond donors (Lipinski definition) is 2. The van der Waals surface area contributed by atoms with Gasteiger partial charge in [-0.1, -0.05) is 12.1 Å². The Bertz CT molecular complexity index is 529. The summed E-state index contributed by atoms with van der Waals surface area (Å²) >= 11 is 0. The van der Waals surface area contributed by atoms with Crippen LogP contribution in [0.2, 0.25) is 0 Å². The van der Waals surface area contributed by atoms with E-state index in [0.29, 0.717) is 13.0 Å². The molecule has 2 N–H and O–H groups in total. The largest absolute Gasteiger partial charge is 0.387 e. The number of halogens is 2. The van der Waals surface area contributed by atoms with E-state index in [4.69, 9.17) is 0 Å². The molecule has 0 spiro atoms. The second kappa shape index (κ2) is 7.07. The van der Waals surface area contributed by atoms with Gasteiger partial charge < -0.3 is 10.4 Å². The van der Waals surface area contributed by atoms with Crippen molar-refractivity contribution < 1.29 is 13.9 Å². The zero-order chi connectivity index (χ0) is 14.4. The van der Waals surface area contributed by atoms with E-state index in [-0.39, 0.29) is 12.1 Å². The highest BCUT2D eigenvalue weighted by molar-refractivity contribution is 5.22. The summed E-state index contributed by atoms with van der Waals surface area (Å²) in [6.45, 7) is 0.662. The molecule has 1 heterocycles. The predicted octanol–water partition coefficient (Wildman–Crippen LogP) is 2.23. The monoisotopic (exact) mass is 278 g/mol. The fraction of sp³-hybridized carbons (Fsp3) is 0.267. The Kier molecular flexibility index (Phi) is 5.15. The Morgan fingerprint density at radius 1 is 1.10 bits per heavy atom. The standard InChI is InChI=1S/C15H16F2N2O/c16-12-5-3-6-13(17)15(12)14(20)10-18-9-7-11-4-1-2-8-19-11/h1-6,8,14,18,20H,7,9-10H2. The topological polar surface area (TPSA) is 45.1 Å². The van der Waals surface area contributed by atoms with Crippen LogP contribution in [0.25, 0.3) is 0 Å². The van der Waals surface area contributed by atoms with Gasteiger partial charge in [0.2, 0.25) is 0 Å². The van der Waals surface area contributed by atoms with Crippen LogP contribution >= 0.6 is 0 Å². The molecular formula is C15H16F2N2O. The summed E-state index contributed by atoms with van der Waals surface area (Å²) in [5, 5.41) is 12.8. The van der Waals surface area contributed by atoms with Crippen molar-refractivity contribution in [3.63, 3.8) is 0 Å². The third-order valence-electron chi connectivity index (χ3n) is 2.95. The molecule has 2 aromatic rings. The van der Waals surface area contributed by atoms with E-state index in [1.54, 1.807) is 6.20 Å². The molecule has 0 aliphatic rings. The lowest BCUT2D eigenvalue weighted by molar-refractivity contribution is 0.165. The van der Waals surface area contributed by atoms with Gasteiger partial charge >= 0.3 is 0 Å². The number of aromatic nitrogens is 1. The average Bonchev–Trinajstić information content (AvgIpc) is 2.44. The maximum atomic E-state index is 13.4. The molecule has 1 unspecified atom stereocenters. The Labute approximate surface area is 116 Å². The van der Waals surface area contributed by atoms with E-state index in [0.717, 1.165) is 17.8 Å². The molecule has 1 aromatic carbocycles. The number of nitrogens with zero attached hydrogens (tertiary/aromatic N) is 1. The summed E-state index contributed by atoms with van der Waals surface area (Å²) in [6, 6.07) is 9.17. The lowest BCUT2D eigenvalue weighted by atomic mass is 10.1. The van der Waals surface area contributed by atoms with Crippen LogP contribution in [0.3, 0.4) is 0 Å². The summed E-state index contributed by atoms with van der Waals surface area (Å²) in [5.41, 5.74) is 0.629.